The van der Waals surface area contributed by atoms with Gasteiger partial charge in [-0.05, 0) is 85.7 Å². The van der Waals surface area contributed by atoms with E-state index in [2.05, 4.69) is 49.5 Å². The number of carbonyl (C=O) groups is 2. The lowest BCUT2D eigenvalue weighted by Gasteiger charge is -2.38. The Morgan fingerprint density at radius 3 is 2.65 bits per heavy atom. The third-order valence-electron chi connectivity index (χ3n) is 8.68. The number of carbonyl (C=O) groups excluding carboxylic acids is 2. The first kappa shape index (κ1) is 30.6. The summed E-state index contributed by atoms with van der Waals surface area (Å²) >= 11 is 0. The number of rotatable bonds is 11. The highest BCUT2D eigenvalue weighted by Gasteiger charge is 2.37. The van der Waals surface area contributed by atoms with E-state index in [-0.39, 0.29) is 36.3 Å². The lowest BCUT2D eigenvalue weighted by atomic mass is 9.79. The highest BCUT2D eigenvalue weighted by molar-refractivity contribution is 6.01. The summed E-state index contributed by atoms with van der Waals surface area (Å²) in [5, 5.41) is 3.48. The molecule has 0 aromatic heterocycles. The van der Waals surface area contributed by atoms with Crippen LogP contribution in [0.15, 0.2) is 66.7 Å². The topological polar surface area (TPSA) is 80.3 Å². The fourth-order valence-electron chi connectivity index (χ4n) is 6.18. The molecule has 2 heterocycles. The fraction of sp³-hybridized carbons (Fsp3) is 0.429. The van der Waals surface area contributed by atoms with Gasteiger partial charge in [0.2, 0.25) is 5.91 Å². The van der Waals surface area contributed by atoms with Crippen molar-refractivity contribution in [3.05, 3.63) is 72.3 Å². The van der Waals surface area contributed by atoms with Crippen LogP contribution in [0.5, 0.6) is 11.5 Å². The van der Waals surface area contributed by atoms with Crippen LogP contribution in [0.25, 0.3) is 11.1 Å². The van der Waals surface area contributed by atoms with Crippen LogP contribution < -0.4 is 24.6 Å². The Balaban J connectivity index is 1.47. The minimum Gasteiger partial charge on any atom is -0.497 e. The molecule has 8 heteroatoms. The van der Waals surface area contributed by atoms with Crippen LogP contribution in [0.2, 0.25) is 0 Å². The summed E-state index contributed by atoms with van der Waals surface area (Å²) in [4.78, 5) is 31.1. The maximum absolute atomic E-state index is 14.6. The molecule has 3 aromatic carbocycles. The Hall–Kier alpha value is -3.88. The van der Waals surface area contributed by atoms with Gasteiger partial charge in [-0.25, -0.2) is 0 Å². The minimum atomic E-state index is -0.241. The molecule has 228 valence electrons. The molecule has 0 radical (unpaired) electrons. The predicted octanol–water partition coefficient (Wildman–Crippen LogP) is 5.65. The Bertz CT molecular complexity index is 1430. The molecule has 43 heavy (non-hydrogen) atoms. The van der Waals surface area contributed by atoms with Crippen molar-refractivity contribution in [3.8, 4) is 22.6 Å². The van der Waals surface area contributed by atoms with Gasteiger partial charge in [-0.1, -0.05) is 43.3 Å². The molecule has 1 N–H and O–H groups in total. The maximum atomic E-state index is 14.6. The highest BCUT2D eigenvalue weighted by Crippen LogP contribution is 2.39. The van der Waals surface area contributed by atoms with Crippen LogP contribution in [0.3, 0.4) is 0 Å². The standard InChI is InChI=1S/C35H43N3O5/c1-5-24(2)38(28-13-14-33-32(21-28)37(17-8-18-41-3)34(39)23-43-33)35(40)31-22-36-16-15-30(31)27-11-6-9-25(19-27)26-10-7-12-29(20-26)42-4/h6-7,9-14,19-21,24,30-31,36H,5,8,15-18,22-23H2,1-4H3/t24?,30-,31+/m1/s1. The van der Waals surface area contributed by atoms with E-state index < -0.39 is 0 Å². The number of piperidine rings is 1. The zero-order valence-electron chi connectivity index (χ0n) is 25.7. The zero-order valence-corrected chi connectivity index (χ0v) is 25.7. The molecule has 1 unspecified atom stereocenters. The highest BCUT2D eigenvalue weighted by atomic mass is 16.5. The van der Waals surface area contributed by atoms with Crippen molar-refractivity contribution >= 4 is 23.2 Å². The third kappa shape index (κ3) is 6.71. The number of anilines is 2. The molecule has 5 rings (SSSR count). The molecule has 0 bridgehead atoms. The molecule has 1 fully saturated rings. The summed E-state index contributed by atoms with van der Waals surface area (Å²) in [5.41, 5.74) is 4.84. The van der Waals surface area contributed by atoms with Crippen LogP contribution in [0.4, 0.5) is 11.4 Å². The maximum Gasteiger partial charge on any atom is 0.265 e. The first-order chi connectivity index (χ1) is 20.9. The first-order valence-corrected chi connectivity index (χ1v) is 15.3. The summed E-state index contributed by atoms with van der Waals surface area (Å²) in [6, 6.07) is 22.4. The smallest absolute Gasteiger partial charge is 0.265 e. The van der Waals surface area contributed by atoms with Gasteiger partial charge in [0.1, 0.15) is 11.5 Å². The van der Waals surface area contributed by atoms with E-state index in [9.17, 15) is 9.59 Å². The number of nitrogens with zero attached hydrogens (tertiary/aromatic N) is 2. The summed E-state index contributed by atoms with van der Waals surface area (Å²) < 4.78 is 16.4. The second-order valence-electron chi connectivity index (χ2n) is 11.4. The van der Waals surface area contributed by atoms with E-state index in [0.717, 1.165) is 47.5 Å². The van der Waals surface area contributed by atoms with Crippen LogP contribution in [0.1, 0.15) is 44.6 Å². The molecule has 2 amide bonds. The van der Waals surface area contributed by atoms with E-state index >= 15 is 0 Å². The van der Waals surface area contributed by atoms with Crippen molar-refractivity contribution in [2.45, 2.75) is 45.1 Å². The van der Waals surface area contributed by atoms with Gasteiger partial charge >= 0.3 is 0 Å². The number of ether oxygens (including phenoxy) is 3. The second kappa shape index (κ2) is 14.1. The quantitative estimate of drug-likeness (QED) is 0.293. The van der Waals surface area contributed by atoms with Crippen LogP contribution in [0, 0.1) is 5.92 Å². The molecule has 3 atom stereocenters. The first-order valence-electron chi connectivity index (χ1n) is 15.3. The number of hydrogen-bond acceptors (Lipinski definition) is 6. The fourth-order valence-corrected chi connectivity index (χ4v) is 6.18. The molecule has 0 aliphatic carbocycles. The normalized spacial score (nSPS) is 18.9. The zero-order chi connectivity index (χ0) is 30.3. The SMILES string of the molecule is CCC(C)N(C(=O)[C@H]1CNCC[C@@H]1c1cccc(-c2cccc(OC)c2)c1)c1ccc2c(c1)N(CCCOC)C(=O)CO2. The Morgan fingerprint density at radius 1 is 1.09 bits per heavy atom. The van der Waals surface area contributed by atoms with Gasteiger partial charge in [0.25, 0.3) is 5.91 Å². The van der Waals surface area contributed by atoms with E-state index in [4.69, 9.17) is 14.2 Å². The summed E-state index contributed by atoms with van der Waals surface area (Å²) in [7, 11) is 3.33. The van der Waals surface area contributed by atoms with Gasteiger partial charge in [0, 0.05) is 38.5 Å². The van der Waals surface area contributed by atoms with E-state index in [0.29, 0.717) is 37.6 Å². The van der Waals surface area contributed by atoms with E-state index in [1.54, 1.807) is 19.1 Å². The molecular weight excluding hydrogens is 542 g/mol. The van der Waals surface area contributed by atoms with Crippen molar-refractivity contribution < 1.29 is 23.8 Å². The van der Waals surface area contributed by atoms with Crippen LogP contribution in [-0.2, 0) is 14.3 Å². The second-order valence-corrected chi connectivity index (χ2v) is 11.4. The Kier molecular flexibility index (Phi) is 10.00. The molecule has 0 saturated carbocycles. The van der Waals surface area contributed by atoms with Gasteiger partial charge in [-0.3, -0.25) is 9.59 Å². The van der Waals surface area contributed by atoms with E-state index in [1.165, 1.54) is 0 Å². The van der Waals surface area contributed by atoms with Crippen molar-refractivity contribution in [3.63, 3.8) is 0 Å². The van der Waals surface area contributed by atoms with Gasteiger partial charge < -0.3 is 29.3 Å². The van der Waals surface area contributed by atoms with Crippen molar-refractivity contribution in [1.82, 2.24) is 5.32 Å². The Labute approximate surface area is 254 Å². The van der Waals surface area contributed by atoms with Crippen LogP contribution >= 0.6 is 0 Å². The lowest BCUT2D eigenvalue weighted by Crippen LogP contribution is -2.49. The van der Waals surface area contributed by atoms with Gasteiger partial charge in [-0.2, -0.15) is 0 Å². The van der Waals surface area contributed by atoms with Crippen molar-refractivity contribution in [2.24, 2.45) is 5.92 Å². The molecule has 0 spiro atoms. The van der Waals surface area contributed by atoms with Crippen LogP contribution in [-0.4, -0.2) is 64.9 Å². The van der Waals surface area contributed by atoms with Crippen molar-refractivity contribution in [1.29, 1.82) is 0 Å². The van der Waals surface area contributed by atoms with Gasteiger partial charge in [0.15, 0.2) is 6.61 Å². The largest absolute Gasteiger partial charge is 0.497 e. The Morgan fingerprint density at radius 2 is 1.88 bits per heavy atom. The van der Waals surface area contributed by atoms with Gasteiger partial charge in [0.05, 0.1) is 18.7 Å². The van der Waals surface area contributed by atoms with E-state index in [1.807, 2.05) is 41.3 Å². The molecule has 2 aliphatic rings. The minimum absolute atomic E-state index is 0.0115. The number of amides is 2. The van der Waals surface area contributed by atoms with Gasteiger partial charge in [-0.15, -0.1) is 0 Å². The summed E-state index contributed by atoms with van der Waals surface area (Å²) in [6.07, 6.45) is 2.38. The molecule has 3 aromatic rings. The number of methoxy groups -OCH3 is 2. The number of hydrogen-bond donors (Lipinski definition) is 1. The average molecular weight is 586 g/mol. The summed E-state index contributed by atoms with van der Waals surface area (Å²) in [5.74, 6) is 1.30. The molecule has 2 aliphatic heterocycles. The third-order valence-corrected chi connectivity index (χ3v) is 8.68. The lowest BCUT2D eigenvalue weighted by molar-refractivity contribution is -0.124. The summed E-state index contributed by atoms with van der Waals surface area (Å²) in [6.45, 7) is 6.75. The monoisotopic (exact) mass is 585 g/mol. The number of nitrogens with one attached hydrogen (secondary N) is 1. The predicted molar refractivity (Wildman–Crippen MR) is 170 cm³/mol. The molecule has 1 saturated heterocycles. The molecular formula is C35H43N3O5. The average Bonchev–Trinajstić information content (AvgIpc) is 3.05. The van der Waals surface area contributed by atoms with Crippen molar-refractivity contribution in [2.75, 3.05) is 56.9 Å². The molecule has 8 nitrogen and oxygen atoms in total. The number of fused-ring (bicyclic) bond motifs is 1. The number of benzene rings is 3.